The Hall–Kier alpha value is -4.07. The van der Waals surface area contributed by atoms with Gasteiger partial charge in [-0.3, -0.25) is 0 Å². The standard InChI is InChI=1S/C35H38N4/c1-10-12-24-28(20-36)25(13-11-2)32(38-9)33(29(24)21-37)39-30-16-14-22(34(3,4)5)18-26(30)27-19-23(35(6,7)8)15-17-31(27)39/h14-19H,10-13H2,1-8H3. The number of fused-ring (bicyclic) bond motifs is 3. The second kappa shape index (κ2) is 10.2. The second-order valence-corrected chi connectivity index (χ2v) is 12.5. The highest BCUT2D eigenvalue weighted by Crippen LogP contribution is 2.44. The van der Waals surface area contributed by atoms with Gasteiger partial charge in [0, 0.05) is 16.3 Å². The van der Waals surface area contributed by atoms with Crippen molar-refractivity contribution < 1.29 is 0 Å². The van der Waals surface area contributed by atoms with Crippen LogP contribution in [0.3, 0.4) is 0 Å². The van der Waals surface area contributed by atoms with Crippen molar-refractivity contribution >= 4 is 27.5 Å². The van der Waals surface area contributed by atoms with Crippen LogP contribution < -0.4 is 0 Å². The minimum atomic E-state index is -0.0270. The van der Waals surface area contributed by atoms with Gasteiger partial charge in [0.1, 0.15) is 6.07 Å². The molecule has 198 valence electrons. The molecule has 0 bridgehead atoms. The van der Waals surface area contributed by atoms with Crippen molar-refractivity contribution in [1.29, 1.82) is 10.5 Å². The molecule has 0 fully saturated rings. The number of hydrogen-bond donors (Lipinski definition) is 0. The Kier molecular flexibility index (Phi) is 7.34. The zero-order chi connectivity index (χ0) is 28.7. The van der Waals surface area contributed by atoms with Gasteiger partial charge in [-0.2, -0.15) is 10.5 Å². The summed E-state index contributed by atoms with van der Waals surface area (Å²) in [4.78, 5) is 4.02. The molecule has 0 aliphatic heterocycles. The van der Waals surface area contributed by atoms with Crippen LogP contribution in [0.2, 0.25) is 0 Å². The van der Waals surface area contributed by atoms with Gasteiger partial charge < -0.3 is 4.57 Å². The molecule has 0 aliphatic carbocycles. The highest BCUT2D eigenvalue weighted by molar-refractivity contribution is 6.10. The number of hydrogen-bond acceptors (Lipinski definition) is 2. The van der Waals surface area contributed by atoms with Crippen LogP contribution in [0, 0.1) is 29.2 Å². The maximum absolute atomic E-state index is 10.6. The molecule has 0 N–H and O–H groups in total. The van der Waals surface area contributed by atoms with Crippen LogP contribution in [0.5, 0.6) is 0 Å². The molecule has 0 aliphatic rings. The Bertz CT molecular complexity index is 1600. The summed E-state index contributed by atoms with van der Waals surface area (Å²) in [5, 5.41) is 23.0. The van der Waals surface area contributed by atoms with Gasteiger partial charge in [-0.15, -0.1) is 0 Å². The Morgan fingerprint density at radius 2 is 1.21 bits per heavy atom. The van der Waals surface area contributed by atoms with E-state index in [2.05, 4.69) is 113 Å². The summed E-state index contributed by atoms with van der Waals surface area (Å²) in [7, 11) is 0. The van der Waals surface area contributed by atoms with E-state index in [1.165, 1.54) is 11.1 Å². The van der Waals surface area contributed by atoms with Gasteiger partial charge in [-0.1, -0.05) is 80.4 Å². The molecule has 4 heteroatoms. The largest absolute Gasteiger partial charge is 0.318 e. The average molecular weight is 515 g/mol. The normalized spacial score (nSPS) is 11.9. The van der Waals surface area contributed by atoms with E-state index in [4.69, 9.17) is 6.57 Å². The maximum atomic E-state index is 10.6. The first-order chi connectivity index (χ1) is 18.4. The molecule has 0 unspecified atom stereocenters. The van der Waals surface area contributed by atoms with Crippen LogP contribution in [0.25, 0.3) is 32.3 Å². The molecule has 0 saturated heterocycles. The smallest absolute Gasteiger partial charge is 0.216 e. The highest BCUT2D eigenvalue weighted by Gasteiger charge is 2.28. The average Bonchev–Trinajstić information content (AvgIpc) is 3.20. The van der Waals surface area contributed by atoms with Crippen molar-refractivity contribution in [2.24, 2.45) is 0 Å². The molecule has 0 saturated carbocycles. The van der Waals surface area contributed by atoms with Crippen molar-refractivity contribution in [2.45, 2.75) is 91.9 Å². The van der Waals surface area contributed by atoms with Gasteiger partial charge in [-0.05, 0) is 70.2 Å². The van der Waals surface area contributed by atoms with Gasteiger partial charge in [0.2, 0.25) is 5.69 Å². The molecular formula is C35H38N4. The number of benzene rings is 3. The summed E-state index contributed by atoms with van der Waals surface area (Å²) in [6.45, 7) is 25.7. The monoisotopic (exact) mass is 514 g/mol. The molecule has 4 rings (SSSR count). The van der Waals surface area contributed by atoms with Crippen LogP contribution in [0.4, 0.5) is 5.69 Å². The van der Waals surface area contributed by atoms with Gasteiger partial charge in [0.25, 0.3) is 0 Å². The fraction of sp³-hybridized carbons (Fsp3) is 0.400. The topological polar surface area (TPSA) is 56.9 Å². The van der Waals surface area contributed by atoms with Crippen molar-refractivity contribution in [3.05, 3.63) is 81.2 Å². The zero-order valence-corrected chi connectivity index (χ0v) is 24.6. The summed E-state index contributed by atoms with van der Waals surface area (Å²) >= 11 is 0. The van der Waals surface area contributed by atoms with Crippen molar-refractivity contribution in [2.75, 3.05) is 0 Å². The Balaban J connectivity index is 2.30. The maximum Gasteiger partial charge on any atom is 0.216 e. The van der Waals surface area contributed by atoms with E-state index in [0.29, 0.717) is 35.3 Å². The van der Waals surface area contributed by atoms with E-state index < -0.39 is 0 Å². The van der Waals surface area contributed by atoms with Crippen LogP contribution >= 0.6 is 0 Å². The number of nitrogens with zero attached hydrogens (tertiary/aromatic N) is 4. The zero-order valence-electron chi connectivity index (χ0n) is 24.6. The molecule has 1 heterocycles. The highest BCUT2D eigenvalue weighted by atomic mass is 15.0. The number of rotatable bonds is 5. The molecule has 4 aromatic rings. The SMILES string of the molecule is [C-]#[N+]c1c(CCC)c(C#N)c(CCC)c(C#N)c1-n1c2ccc(C(C)(C)C)cc2c2cc(C(C)(C)C)ccc21. The van der Waals surface area contributed by atoms with E-state index in [1.54, 1.807) is 0 Å². The molecule has 39 heavy (non-hydrogen) atoms. The van der Waals surface area contributed by atoms with E-state index in [-0.39, 0.29) is 10.8 Å². The van der Waals surface area contributed by atoms with Crippen LogP contribution in [0.15, 0.2) is 36.4 Å². The van der Waals surface area contributed by atoms with E-state index in [9.17, 15) is 10.5 Å². The third-order valence-electron chi connectivity index (χ3n) is 7.71. The van der Waals surface area contributed by atoms with Crippen molar-refractivity contribution in [1.82, 2.24) is 4.57 Å². The summed E-state index contributed by atoms with van der Waals surface area (Å²) in [5.74, 6) is 0. The van der Waals surface area contributed by atoms with Crippen molar-refractivity contribution in [3.63, 3.8) is 0 Å². The molecule has 1 aromatic heterocycles. The van der Waals surface area contributed by atoms with Gasteiger partial charge >= 0.3 is 0 Å². The Morgan fingerprint density at radius 3 is 1.59 bits per heavy atom. The summed E-state index contributed by atoms with van der Waals surface area (Å²) in [6, 6.07) is 18.0. The van der Waals surface area contributed by atoms with E-state index in [0.717, 1.165) is 45.8 Å². The first-order valence-corrected chi connectivity index (χ1v) is 13.9. The Morgan fingerprint density at radius 1 is 0.744 bits per heavy atom. The quantitative estimate of drug-likeness (QED) is 0.249. The Labute approximate surface area is 233 Å². The number of aromatic nitrogens is 1. The lowest BCUT2D eigenvalue weighted by molar-refractivity contribution is 0.590. The molecular weight excluding hydrogens is 476 g/mol. The van der Waals surface area contributed by atoms with Crippen LogP contribution in [-0.2, 0) is 23.7 Å². The first kappa shape index (κ1) is 28.0. The molecule has 0 atom stereocenters. The van der Waals surface area contributed by atoms with E-state index >= 15 is 0 Å². The fourth-order valence-electron chi connectivity index (χ4n) is 5.61. The minimum absolute atomic E-state index is 0.0270. The van der Waals surface area contributed by atoms with Gasteiger partial charge in [-0.25, -0.2) is 4.85 Å². The lowest BCUT2D eigenvalue weighted by atomic mass is 9.85. The predicted molar refractivity (Wildman–Crippen MR) is 162 cm³/mol. The first-order valence-electron chi connectivity index (χ1n) is 13.9. The van der Waals surface area contributed by atoms with Gasteiger partial charge in [0.15, 0.2) is 0 Å². The lowest BCUT2D eigenvalue weighted by Gasteiger charge is -2.21. The molecule has 0 amide bonds. The second-order valence-electron chi connectivity index (χ2n) is 12.5. The third kappa shape index (κ3) is 4.68. The molecule has 0 spiro atoms. The van der Waals surface area contributed by atoms with E-state index in [1.807, 2.05) is 0 Å². The van der Waals surface area contributed by atoms with Crippen molar-refractivity contribution in [3.8, 4) is 17.8 Å². The minimum Gasteiger partial charge on any atom is -0.318 e. The van der Waals surface area contributed by atoms with Crippen LogP contribution in [0.1, 0.15) is 102 Å². The lowest BCUT2D eigenvalue weighted by Crippen LogP contribution is -2.11. The fourth-order valence-corrected chi connectivity index (χ4v) is 5.61. The summed E-state index contributed by atoms with van der Waals surface area (Å²) in [5.41, 5.74) is 7.88. The summed E-state index contributed by atoms with van der Waals surface area (Å²) < 4.78 is 2.12. The molecule has 3 aromatic carbocycles. The summed E-state index contributed by atoms with van der Waals surface area (Å²) in [6.07, 6.45) is 2.86. The predicted octanol–water partition coefficient (Wildman–Crippen LogP) is 9.58. The molecule has 4 nitrogen and oxygen atoms in total. The molecule has 0 radical (unpaired) electrons. The van der Waals surface area contributed by atoms with Crippen LogP contribution in [-0.4, -0.2) is 4.57 Å². The third-order valence-corrected chi connectivity index (χ3v) is 7.71. The van der Waals surface area contributed by atoms with Gasteiger partial charge in [0.05, 0.1) is 34.9 Å². The number of nitriles is 2.